The molecule has 0 spiro atoms. The zero-order valence-corrected chi connectivity index (χ0v) is 13.4. The van der Waals surface area contributed by atoms with Crippen LogP contribution in [0.5, 0.6) is 0 Å². The molecule has 0 N–H and O–H groups in total. The first kappa shape index (κ1) is 13.9. The highest BCUT2D eigenvalue weighted by molar-refractivity contribution is 5.83. The molecule has 1 saturated heterocycles. The number of likely N-dealkylation sites (N-methyl/N-ethyl adjacent to an activating group) is 1. The number of rotatable bonds is 2. The molecule has 0 radical (unpaired) electrons. The Kier molecular flexibility index (Phi) is 2.97. The second kappa shape index (κ2) is 4.91. The van der Waals surface area contributed by atoms with Crippen LogP contribution >= 0.6 is 0 Å². The van der Waals surface area contributed by atoms with Crippen LogP contribution in [-0.2, 0) is 4.79 Å². The molecule has 0 aliphatic carbocycles. The van der Waals surface area contributed by atoms with Crippen molar-refractivity contribution in [1.29, 1.82) is 0 Å². The lowest BCUT2D eigenvalue weighted by Crippen LogP contribution is -2.24. The summed E-state index contributed by atoms with van der Waals surface area (Å²) in [4.78, 5) is 23.2. The molecule has 1 aliphatic heterocycles. The van der Waals surface area contributed by atoms with Crippen molar-refractivity contribution in [2.45, 2.75) is 26.3 Å². The van der Waals surface area contributed by atoms with Gasteiger partial charge in [-0.05, 0) is 26.3 Å². The zero-order valence-electron chi connectivity index (χ0n) is 13.4. The molecular weight excluding hydrogens is 292 g/mol. The minimum Gasteiger partial charge on any atom is -0.344 e. The van der Waals surface area contributed by atoms with Crippen LogP contribution in [0.15, 0.2) is 24.7 Å². The van der Waals surface area contributed by atoms with Crippen LogP contribution in [0.25, 0.3) is 17.0 Å². The maximum Gasteiger partial charge on any atom is 0.245 e. The van der Waals surface area contributed by atoms with Crippen LogP contribution in [0.2, 0.25) is 0 Å². The molecule has 118 valence electrons. The van der Waals surface area contributed by atoms with E-state index in [4.69, 9.17) is 0 Å². The largest absolute Gasteiger partial charge is 0.344 e. The lowest BCUT2D eigenvalue weighted by Gasteiger charge is -2.14. The quantitative estimate of drug-likeness (QED) is 0.721. The van der Waals surface area contributed by atoms with E-state index in [-0.39, 0.29) is 11.9 Å². The first-order valence-corrected chi connectivity index (χ1v) is 7.66. The number of amides is 1. The maximum absolute atomic E-state index is 12.3. The SMILES string of the molecule is Cc1cc(C)n2ncc(-c3nccn3C3CCN(C)C3=O)c2n1. The summed E-state index contributed by atoms with van der Waals surface area (Å²) < 4.78 is 3.76. The van der Waals surface area contributed by atoms with Crippen molar-refractivity contribution in [3.63, 3.8) is 0 Å². The fourth-order valence-corrected chi connectivity index (χ4v) is 3.26. The van der Waals surface area contributed by atoms with Gasteiger partial charge in [-0.3, -0.25) is 4.79 Å². The number of carbonyl (C=O) groups excluding carboxylic acids is 1. The molecule has 0 aromatic carbocycles. The van der Waals surface area contributed by atoms with Crippen LogP contribution in [0.4, 0.5) is 0 Å². The third-order valence-corrected chi connectivity index (χ3v) is 4.42. The van der Waals surface area contributed by atoms with E-state index < -0.39 is 0 Å². The Morgan fingerprint density at radius 1 is 1.30 bits per heavy atom. The molecule has 1 fully saturated rings. The molecule has 1 amide bonds. The fourth-order valence-electron chi connectivity index (χ4n) is 3.26. The van der Waals surface area contributed by atoms with Gasteiger partial charge >= 0.3 is 0 Å². The van der Waals surface area contributed by atoms with Crippen molar-refractivity contribution >= 4 is 11.6 Å². The van der Waals surface area contributed by atoms with Crippen molar-refractivity contribution in [2.24, 2.45) is 0 Å². The van der Waals surface area contributed by atoms with E-state index in [2.05, 4.69) is 15.1 Å². The highest BCUT2D eigenvalue weighted by Gasteiger charge is 2.32. The maximum atomic E-state index is 12.3. The average Bonchev–Trinajstić information content (AvgIpc) is 3.19. The lowest BCUT2D eigenvalue weighted by atomic mass is 10.2. The Morgan fingerprint density at radius 3 is 2.87 bits per heavy atom. The van der Waals surface area contributed by atoms with Gasteiger partial charge in [0.1, 0.15) is 11.9 Å². The Bertz CT molecular complexity index is 909. The summed E-state index contributed by atoms with van der Waals surface area (Å²) >= 11 is 0. The number of hydrogen-bond acceptors (Lipinski definition) is 4. The van der Waals surface area contributed by atoms with Gasteiger partial charge in [0.15, 0.2) is 5.65 Å². The van der Waals surface area contributed by atoms with E-state index in [1.807, 2.05) is 42.2 Å². The number of carbonyl (C=O) groups is 1. The van der Waals surface area contributed by atoms with Crippen molar-refractivity contribution in [1.82, 2.24) is 29.0 Å². The fraction of sp³-hybridized carbons (Fsp3) is 0.375. The Morgan fingerprint density at radius 2 is 2.13 bits per heavy atom. The molecule has 7 nitrogen and oxygen atoms in total. The molecule has 1 unspecified atom stereocenters. The number of nitrogens with zero attached hydrogens (tertiary/aromatic N) is 6. The molecule has 23 heavy (non-hydrogen) atoms. The van der Waals surface area contributed by atoms with Gasteiger partial charge in [-0.15, -0.1) is 0 Å². The Labute approximate surface area is 133 Å². The smallest absolute Gasteiger partial charge is 0.245 e. The topological polar surface area (TPSA) is 68.3 Å². The average molecular weight is 310 g/mol. The highest BCUT2D eigenvalue weighted by atomic mass is 16.2. The predicted molar refractivity (Wildman–Crippen MR) is 85.0 cm³/mol. The summed E-state index contributed by atoms with van der Waals surface area (Å²) in [7, 11) is 1.84. The summed E-state index contributed by atoms with van der Waals surface area (Å²) in [5.74, 6) is 0.868. The summed E-state index contributed by atoms with van der Waals surface area (Å²) in [6.07, 6.45) is 6.16. The van der Waals surface area contributed by atoms with E-state index in [0.717, 1.165) is 41.4 Å². The zero-order chi connectivity index (χ0) is 16.1. The lowest BCUT2D eigenvalue weighted by molar-refractivity contribution is -0.129. The molecule has 7 heteroatoms. The molecule has 3 aromatic rings. The molecule has 0 saturated carbocycles. The van der Waals surface area contributed by atoms with E-state index in [9.17, 15) is 4.79 Å². The Hall–Kier alpha value is -2.70. The van der Waals surface area contributed by atoms with Crippen LogP contribution in [-0.4, -0.2) is 48.5 Å². The number of fused-ring (bicyclic) bond motifs is 1. The normalized spacial score (nSPS) is 18.3. The van der Waals surface area contributed by atoms with Crippen molar-refractivity contribution in [3.8, 4) is 11.4 Å². The van der Waals surface area contributed by atoms with Crippen molar-refractivity contribution < 1.29 is 4.79 Å². The molecule has 4 heterocycles. The molecule has 4 rings (SSSR count). The second-order valence-electron chi connectivity index (χ2n) is 6.05. The predicted octanol–water partition coefficient (Wildman–Crippen LogP) is 1.61. The first-order valence-electron chi connectivity index (χ1n) is 7.66. The molecule has 3 aromatic heterocycles. The van der Waals surface area contributed by atoms with Gasteiger partial charge in [-0.1, -0.05) is 0 Å². The molecular formula is C16H18N6O. The second-order valence-corrected chi connectivity index (χ2v) is 6.05. The number of likely N-dealkylation sites (tertiary alicyclic amines) is 1. The van der Waals surface area contributed by atoms with Crippen LogP contribution < -0.4 is 0 Å². The van der Waals surface area contributed by atoms with Crippen molar-refractivity contribution in [3.05, 3.63) is 36.0 Å². The van der Waals surface area contributed by atoms with Crippen LogP contribution in [0.3, 0.4) is 0 Å². The third kappa shape index (κ3) is 2.03. The molecule has 1 aliphatic rings. The number of imidazole rings is 1. The van der Waals surface area contributed by atoms with Crippen LogP contribution in [0.1, 0.15) is 23.9 Å². The number of aryl methyl sites for hydroxylation is 2. The van der Waals surface area contributed by atoms with Gasteiger partial charge in [-0.2, -0.15) is 5.10 Å². The summed E-state index contributed by atoms with van der Waals surface area (Å²) in [6, 6.07) is 1.80. The van der Waals surface area contributed by atoms with Gasteiger partial charge in [0.05, 0.1) is 11.8 Å². The number of aromatic nitrogens is 5. The van der Waals surface area contributed by atoms with Gasteiger partial charge in [0, 0.05) is 37.4 Å². The van der Waals surface area contributed by atoms with E-state index >= 15 is 0 Å². The summed E-state index contributed by atoms with van der Waals surface area (Å²) in [6.45, 7) is 4.73. The minimum atomic E-state index is -0.196. The molecule has 1 atom stereocenters. The standard InChI is InChI=1S/C16H18N6O/c1-10-8-11(2)22-15(19-10)12(9-18-22)14-17-5-7-21(14)13-4-6-20(3)16(13)23/h5,7-9,13H,4,6H2,1-3H3. The summed E-state index contributed by atoms with van der Waals surface area (Å²) in [5.41, 5.74) is 3.58. The van der Waals surface area contributed by atoms with Crippen molar-refractivity contribution in [2.75, 3.05) is 13.6 Å². The van der Waals surface area contributed by atoms with Gasteiger partial charge in [0.25, 0.3) is 0 Å². The van der Waals surface area contributed by atoms with E-state index in [1.54, 1.807) is 17.3 Å². The van der Waals surface area contributed by atoms with Gasteiger partial charge < -0.3 is 9.47 Å². The van der Waals surface area contributed by atoms with E-state index in [0.29, 0.717) is 0 Å². The highest BCUT2D eigenvalue weighted by Crippen LogP contribution is 2.29. The first-order chi connectivity index (χ1) is 11.1. The van der Waals surface area contributed by atoms with Gasteiger partial charge in [-0.25, -0.2) is 14.5 Å². The monoisotopic (exact) mass is 310 g/mol. The van der Waals surface area contributed by atoms with E-state index in [1.165, 1.54) is 0 Å². The van der Waals surface area contributed by atoms with Crippen LogP contribution in [0, 0.1) is 13.8 Å². The minimum absolute atomic E-state index is 0.126. The molecule has 0 bridgehead atoms. The Balaban J connectivity index is 1.87. The summed E-state index contributed by atoms with van der Waals surface area (Å²) in [5, 5.41) is 4.42. The number of hydrogen-bond donors (Lipinski definition) is 0. The third-order valence-electron chi connectivity index (χ3n) is 4.42. The van der Waals surface area contributed by atoms with Gasteiger partial charge in [0.2, 0.25) is 5.91 Å².